The van der Waals surface area contributed by atoms with Gasteiger partial charge in [0.05, 0.1) is 25.5 Å². The topological polar surface area (TPSA) is 82.6 Å². The molecule has 1 aromatic heterocycles. The van der Waals surface area contributed by atoms with E-state index < -0.39 is 12.7 Å². The van der Waals surface area contributed by atoms with E-state index in [-0.39, 0.29) is 5.56 Å². The molecule has 1 fully saturated rings. The predicted molar refractivity (Wildman–Crippen MR) is 126 cm³/mol. The number of carbonyl (C=O) groups is 1. The number of halogens is 3. The van der Waals surface area contributed by atoms with Gasteiger partial charge < -0.3 is 15.2 Å². The van der Waals surface area contributed by atoms with E-state index in [1.807, 2.05) is 19.1 Å². The number of methoxy groups -OCH3 is 2. The number of hydrogen-bond acceptors (Lipinski definition) is 6. The average molecular weight is 487 g/mol. The van der Waals surface area contributed by atoms with Crippen molar-refractivity contribution in [3.05, 3.63) is 41.2 Å². The third-order valence-electron chi connectivity index (χ3n) is 5.16. The molecule has 0 bridgehead atoms. The van der Waals surface area contributed by atoms with Gasteiger partial charge in [-0.2, -0.15) is 18.3 Å². The molecule has 1 aromatic carbocycles. The van der Waals surface area contributed by atoms with Crippen LogP contribution < -0.4 is 15.2 Å². The highest BCUT2D eigenvalue weighted by Gasteiger charge is 2.28. The molecule has 192 valence electrons. The Bertz CT molecular complexity index is 850. The fourth-order valence-corrected chi connectivity index (χ4v) is 3.61. The van der Waals surface area contributed by atoms with Gasteiger partial charge in [-0.15, -0.1) is 0 Å². The van der Waals surface area contributed by atoms with Gasteiger partial charge >= 0.3 is 6.18 Å². The first-order chi connectivity index (χ1) is 16.3. The normalized spacial score (nSPS) is 13.8. The van der Waals surface area contributed by atoms with Gasteiger partial charge in [0.25, 0.3) is 0 Å². The number of ether oxygens (including phenoxy) is 2. The van der Waals surface area contributed by atoms with Gasteiger partial charge in [-0.3, -0.25) is 14.4 Å². The average Bonchev–Trinajstić information content (AvgIpc) is 3.21. The summed E-state index contributed by atoms with van der Waals surface area (Å²) in [6, 6.07) is 6.06. The van der Waals surface area contributed by atoms with Crippen LogP contribution in [0.25, 0.3) is 0 Å². The Kier molecular flexibility index (Phi) is 13.3. The number of piperidine rings is 1. The molecule has 0 atom stereocenters. The summed E-state index contributed by atoms with van der Waals surface area (Å²) in [5.41, 5.74) is 6.41. The molecule has 0 aliphatic carbocycles. The SMILES string of the molecule is CCCc1nn(CC(F)(F)F)cc1C=O.CN.COc1ccc(CN2CCCCC2)c(OC)c1. The maximum absolute atomic E-state index is 12.0. The van der Waals surface area contributed by atoms with E-state index in [2.05, 4.69) is 21.8 Å². The lowest BCUT2D eigenvalue weighted by atomic mass is 10.1. The van der Waals surface area contributed by atoms with Gasteiger partial charge in [0.2, 0.25) is 0 Å². The molecule has 0 saturated carbocycles. The first kappa shape index (κ1) is 29.4. The zero-order valence-corrected chi connectivity index (χ0v) is 20.5. The molecule has 1 saturated heterocycles. The minimum absolute atomic E-state index is 0.237. The Morgan fingerprint density at radius 2 is 1.79 bits per heavy atom. The number of aromatic nitrogens is 2. The number of nitrogens with two attached hydrogens (primary N) is 1. The molecule has 34 heavy (non-hydrogen) atoms. The molecule has 0 unspecified atom stereocenters. The largest absolute Gasteiger partial charge is 0.497 e. The Morgan fingerprint density at radius 1 is 1.12 bits per heavy atom. The molecule has 10 heteroatoms. The summed E-state index contributed by atoms with van der Waals surface area (Å²) < 4.78 is 47.5. The molecule has 7 nitrogen and oxygen atoms in total. The first-order valence-electron chi connectivity index (χ1n) is 11.4. The Balaban J connectivity index is 0.000000320. The van der Waals surface area contributed by atoms with Gasteiger partial charge in [0, 0.05) is 24.4 Å². The van der Waals surface area contributed by atoms with E-state index in [1.165, 1.54) is 45.0 Å². The summed E-state index contributed by atoms with van der Waals surface area (Å²) in [6.45, 7) is 4.10. The van der Waals surface area contributed by atoms with Crippen LogP contribution in [0.4, 0.5) is 13.2 Å². The Morgan fingerprint density at radius 3 is 2.32 bits per heavy atom. The number of nitrogens with zero attached hydrogens (tertiary/aromatic N) is 3. The van der Waals surface area contributed by atoms with Gasteiger partial charge in [-0.05, 0) is 45.5 Å². The molecule has 2 aromatic rings. The monoisotopic (exact) mass is 486 g/mol. The second kappa shape index (κ2) is 15.3. The summed E-state index contributed by atoms with van der Waals surface area (Å²) in [5.74, 6) is 1.78. The maximum atomic E-state index is 12.0. The van der Waals surface area contributed by atoms with Crippen LogP contribution >= 0.6 is 0 Å². The quantitative estimate of drug-likeness (QED) is 0.554. The van der Waals surface area contributed by atoms with Crippen LogP contribution in [-0.4, -0.2) is 61.5 Å². The summed E-state index contributed by atoms with van der Waals surface area (Å²) in [7, 11) is 4.90. The van der Waals surface area contributed by atoms with E-state index in [9.17, 15) is 18.0 Å². The van der Waals surface area contributed by atoms with Crippen molar-refractivity contribution in [3.63, 3.8) is 0 Å². The molecule has 3 rings (SSSR count). The van der Waals surface area contributed by atoms with Crippen molar-refractivity contribution in [2.75, 3.05) is 34.4 Å². The minimum atomic E-state index is -4.31. The third kappa shape index (κ3) is 10.1. The molecular formula is C24H37F3N4O3. The predicted octanol–water partition coefficient (Wildman–Crippen LogP) is 4.48. The lowest BCUT2D eigenvalue weighted by Crippen LogP contribution is -2.29. The molecule has 1 aliphatic heterocycles. The van der Waals surface area contributed by atoms with E-state index >= 15 is 0 Å². The number of carbonyl (C=O) groups excluding carboxylic acids is 1. The second-order valence-corrected chi connectivity index (χ2v) is 7.73. The molecule has 0 radical (unpaired) electrons. The van der Waals surface area contributed by atoms with Crippen LogP contribution in [0.15, 0.2) is 24.4 Å². The minimum Gasteiger partial charge on any atom is -0.497 e. The maximum Gasteiger partial charge on any atom is 0.408 e. The van der Waals surface area contributed by atoms with Crippen LogP contribution in [0.5, 0.6) is 11.5 Å². The first-order valence-corrected chi connectivity index (χ1v) is 11.4. The van der Waals surface area contributed by atoms with E-state index in [1.54, 1.807) is 14.2 Å². The van der Waals surface area contributed by atoms with Crippen molar-refractivity contribution in [1.29, 1.82) is 0 Å². The summed E-state index contributed by atoms with van der Waals surface area (Å²) >= 11 is 0. The number of benzene rings is 1. The number of aldehydes is 1. The summed E-state index contributed by atoms with van der Waals surface area (Å²) in [4.78, 5) is 13.0. The van der Waals surface area contributed by atoms with Crippen LogP contribution in [-0.2, 0) is 19.5 Å². The molecular weight excluding hydrogens is 449 g/mol. The number of hydrogen-bond donors (Lipinski definition) is 1. The summed E-state index contributed by atoms with van der Waals surface area (Å²) in [6.07, 6.45) is 2.61. The number of alkyl halides is 3. The van der Waals surface area contributed by atoms with Gasteiger partial charge in [0.15, 0.2) is 6.29 Å². The fourth-order valence-electron chi connectivity index (χ4n) is 3.61. The second-order valence-electron chi connectivity index (χ2n) is 7.73. The van der Waals surface area contributed by atoms with E-state index in [4.69, 9.17) is 9.47 Å². The zero-order valence-electron chi connectivity index (χ0n) is 20.5. The van der Waals surface area contributed by atoms with Gasteiger partial charge in [0.1, 0.15) is 18.0 Å². The van der Waals surface area contributed by atoms with Crippen molar-refractivity contribution in [2.24, 2.45) is 5.73 Å². The zero-order chi connectivity index (χ0) is 25.6. The molecule has 1 aliphatic rings. The van der Waals surface area contributed by atoms with E-state index in [0.29, 0.717) is 18.4 Å². The number of likely N-dealkylation sites (tertiary alicyclic amines) is 1. The Hall–Kier alpha value is -2.59. The number of aryl methyl sites for hydroxylation is 1. The van der Waals surface area contributed by atoms with E-state index in [0.717, 1.165) is 35.3 Å². The third-order valence-corrected chi connectivity index (χ3v) is 5.16. The molecule has 0 amide bonds. The highest BCUT2D eigenvalue weighted by molar-refractivity contribution is 5.75. The molecule has 0 spiro atoms. The molecule has 2 heterocycles. The van der Waals surface area contributed by atoms with Crippen molar-refractivity contribution < 1.29 is 27.4 Å². The lowest BCUT2D eigenvalue weighted by molar-refractivity contribution is -0.142. The highest BCUT2D eigenvalue weighted by Crippen LogP contribution is 2.26. The van der Waals surface area contributed by atoms with Crippen LogP contribution in [0.3, 0.4) is 0 Å². The lowest BCUT2D eigenvalue weighted by Gasteiger charge is -2.27. The molecule has 2 N–H and O–H groups in total. The smallest absolute Gasteiger partial charge is 0.408 e. The fraction of sp³-hybridized carbons (Fsp3) is 0.583. The van der Waals surface area contributed by atoms with Crippen molar-refractivity contribution in [1.82, 2.24) is 14.7 Å². The van der Waals surface area contributed by atoms with Crippen LogP contribution in [0.1, 0.15) is 54.2 Å². The summed E-state index contributed by atoms with van der Waals surface area (Å²) in [5, 5.41) is 3.72. The number of rotatable bonds is 8. The highest BCUT2D eigenvalue weighted by atomic mass is 19.4. The van der Waals surface area contributed by atoms with Gasteiger partial charge in [-0.25, -0.2) is 0 Å². The standard InChI is InChI=1S/C14H21NO2.C9H11F3N2O.CH5N/c1-16-13-7-6-12(14(10-13)17-2)11-15-8-4-3-5-9-15;1-2-3-8-7(5-15)4-14(13-8)6-9(10,11)12;1-2/h6-7,10H,3-5,8-9,11H2,1-2H3;4-5H,2-3,6H2,1H3;2H2,1H3. The Labute approximate surface area is 200 Å². The van der Waals surface area contributed by atoms with Crippen LogP contribution in [0, 0.1) is 0 Å². The van der Waals surface area contributed by atoms with Crippen molar-refractivity contribution >= 4 is 6.29 Å². The van der Waals surface area contributed by atoms with Gasteiger partial charge in [-0.1, -0.05) is 25.8 Å². The van der Waals surface area contributed by atoms with Crippen molar-refractivity contribution in [2.45, 2.75) is 58.3 Å². The van der Waals surface area contributed by atoms with Crippen molar-refractivity contribution in [3.8, 4) is 11.5 Å². The van der Waals surface area contributed by atoms with Crippen LogP contribution in [0.2, 0.25) is 0 Å².